The minimum absolute atomic E-state index is 0.0521. The van der Waals surface area contributed by atoms with Crippen molar-refractivity contribution in [1.29, 1.82) is 0 Å². The van der Waals surface area contributed by atoms with Crippen LogP contribution in [-0.4, -0.2) is 18.0 Å². The number of hydrogen-bond donors (Lipinski definition) is 2. The zero-order chi connectivity index (χ0) is 13.6. The van der Waals surface area contributed by atoms with E-state index in [2.05, 4.69) is 5.32 Å². The Morgan fingerprint density at radius 3 is 2.61 bits per heavy atom. The number of hydrogen-bond acceptors (Lipinski definition) is 3. The summed E-state index contributed by atoms with van der Waals surface area (Å²) >= 11 is 7.36. The molecule has 1 amide bonds. The molecular weight excluding hydrogens is 268 g/mol. The monoisotopic (exact) mass is 288 g/mol. The van der Waals surface area contributed by atoms with Gasteiger partial charge in [-0.05, 0) is 31.4 Å². The summed E-state index contributed by atoms with van der Waals surface area (Å²) in [7, 11) is 0. The first-order valence-electron chi connectivity index (χ1n) is 6.29. The summed E-state index contributed by atoms with van der Waals surface area (Å²) < 4.78 is 0.767. The molecule has 0 aromatic carbocycles. The Hall–Kier alpha value is -0.580. The van der Waals surface area contributed by atoms with E-state index in [0.717, 1.165) is 28.5 Å². The van der Waals surface area contributed by atoms with E-state index in [9.17, 15) is 4.79 Å². The fourth-order valence-electron chi connectivity index (χ4n) is 1.59. The Labute approximate surface area is 118 Å². The third kappa shape index (κ3) is 4.96. The normalized spacial score (nSPS) is 11.6. The molecule has 3 N–H and O–H groups in total. The Kier molecular flexibility index (Phi) is 6.12. The van der Waals surface area contributed by atoms with Gasteiger partial charge in [-0.15, -0.1) is 11.3 Å². The van der Waals surface area contributed by atoms with Crippen LogP contribution in [0, 0.1) is 0 Å². The van der Waals surface area contributed by atoms with E-state index in [4.69, 9.17) is 17.3 Å². The molecule has 0 saturated heterocycles. The third-order valence-electron chi connectivity index (χ3n) is 3.27. The quantitative estimate of drug-likeness (QED) is 0.810. The van der Waals surface area contributed by atoms with Gasteiger partial charge in [-0.1, -0.05) is 25.4 Å². The van der Waals surface area contributed by atoms with Crippen molar-refractivity contribution in [3.63, 3.8) is 0 Å². The molecule has 0 radical (unpaired) electrons. The Bertz CT molecular complexity index is 388. The van der Waals surface area contributed by atoms with E-state index < -0.39 is 0 Å². The van der Waals surface area contributed by atoms with E-state index in [-0.39, 0.29) is 11.4 Å². The van der Waals surface area contributed by atoms with E-state index in [1.807, 2.05) is 26.0 Å². The van der Waals surface area contributed by atoms with Crippen molar-refractivity contribution in [3.05, 3.63) is 21.3 Å². The number of rotatable bonds is 7. The van der Waals surface area contributed by atoms with Gasteiger partial charge in [0, 0.05) is 23.4 Å². The Morgan fingerprint density at radius 1 is 1.44 bits per heavy atom. The van der Waals surface area contributed by atoms with Gasteiger partial charge >= 0.3 is 0 Å². The lowest BCUT2D eigenvalue weighted by atomic mass is 9.94. The molecule has 0 aliphatic heterocycles. The molecule has 0 fully saturated rings. The van der Waals surface area contributed by atoms with Crippen molar-refractivity contribution in [1.82, 2.24) is 5.32 Å². The van der Waals surface area contributed by atoms with Crippen molar-refractivity contribution in [2.75, 3.05) is 6.54 Å². The zero-order valence-corrected chi connectivity index (χ0v) is 12.5. The maximum atomic E-state index is 11.7. The van der Waals surface area contributed by atoms with Crippen LogP contribution >= 0.6 is 22.9 Å². The lowest BCUT2D eigenvalue weighted by molar-refractivity contribution is -0.121. The SMILES string of the molecule is CCC(N)(CC)CNC(=O)CCc1ccc(Cl)s1. The van der Waals surface area contributed by atoms with Gasteiger partial charge in [0.15, 0.2) is 0 Å². The van der Waals surface area contributed by atoms with Gasteiger partial charge in [0.1, 0.15) is 0 Å². The second kappa shape index (κ2) is 7.12. The number of nitrogens with two attached hydrogens (primary N) is 1. The average molecular weight is 289 g/mol. The number of amides is 1. The lowest BCUT2D eigenvalue weighted by Gasteiger charge is -2.26. The van der Waals surface area contributed by atoms with Crippen LogP contribution in [0.25, 0.3) is 0 Å². The predicted octanol–water partition coefficient (Wildman–Crippen LogP) is 2.97. The summed E-state index contributed by atoms with van der Waals surface area (Å²) in [5, 5.41) is 2.91. The predicted molar refractivity (Wildman–Crippen MR) is 78.2 cm³/mol. The minimum atomic E-state index is -0.276. The highest BCUT2D eigenvalue weighted by molar-refractivity contribution is 7.16. The van der Waals surface area contributed by atoms with Crippen LogP contribution in [0.1, 0.15) is 38.0 Å². The van der Waals surface area contributed by atoms with Crippen LogP contribution < -0.4 is 11.1 Å². The number of carbonyl (C=O) groups is 1. The zero-order valence-electron chi connectivity index (χ0n) is 11.0. The summed E-state index contributed by atoms with van der Waals surface area (Å²) in [5.41, 5.74) is 5.85. The topological polar surface area (TPSA) is 55.1 Å². The highest BCUT2D eigenvalue weighted by atomic mass is 35.5. The molecule has 1 aromatic heterocycles. The summed E-state index contributed by atoms with van der Waals surface area (Å²) in [6.45, 7) is 4.64. The van der Waals surface area contributed by atoms with Crippen molar-refractivity contribution in [2.45, 2.75) is 45.1 Å². The molecule has 0 aliphatic carbocycles. The Balaban J connectivity index is 2.30. The largest absolute Gasteiger partial charge is 0.354 e. The molecule has 1 rings (SSSR count). The smallest absolute Gasteiger partial charge is 0.220 e. The van der Waals surface area contributed by atoms with Crippen molar-refractivity contribution in [3.8, 4) is 0 Å². The van der Waals surface area contributed by atoms with Crippen LogP contribution in [0.2, 0.25) is 4.34 Å². The van der Waals surface area contributed by atoms with Crippen LogP contribution in [-0.2, 0) is 11.2 Å². The molecule has 0 unspecified atom stereocenters. The fourth-order valence-corrected chi connectivity index (χ4v) is 2.67. The molecule has 1 heterocycles. The van der Waals surface area contributed by atoms with Crippen molar-refractivity contribution in [2.24, 2.45) is 5.73 Å². The van der Waals surface area contributed by atoms with Crippen LogP contribution in [0.3, 0.4) is 0 Å². The first-order chi connectivity index (χ1) is 8.49. The lowest BCUT2D eigenvalue weighted by Crippen LogP contribution is -2.49. The van der Waals surface area contributed by atoms with Gasteiger partial charge in [0.2, 0.25) is 5.91 Å². The number of carbonyl (C=O) groups excluding carboxylic acids is 1. The standard InChI is InChI=1S/C13H21ClN2OS/c1-3-13(15,4-2)9-16-12(17)8-6-10-5-7-11(14)18-10/h5,7H,3-4,6,8-9,15H2,1-2H3,(H,16,17). The van der Waals surface area contributed by atoms with Crippen LogP contribution in [0.4, 0.5) is 0 Å². The summed E-state index contributed by atoms with van der Waals surface area (Å²) in [4.78, 5) is 12.8. The molecule has 5 heteroatoms. The summed E-state index contributed by atoms with van der Waals surface area (Å²) in [6, 6.07) is 3.82. The summed E-state index contributed by atoms with van der Waals surface area (Å²) in [5.74, 6) is 0.0521. The second-order valence-corrected chi connectivity index (χ2v) is 6.35. The van der Waals surface area contributed by atoms with Gasteiger partial charge in [0.05, 0.1) is 4.34 Å². The first-order valence-corrected chi connectivity index (χ1v) is 7.48. The van der Waals surface area contributed by atoms with Crippen LogP contribution in [0.15, 0.2) is 12.1 Å². The highest BCUT2D eigenvalue weighted by Gasteiger charge is 2.20. The molecule has 1 aromatic rings. The average Bonchev–Trinajstić information content (AvgIpc) is 2.79. The minimum Gasteiger partial charge on any atom is -0.354 e. The van der Waals surface area contributed by atoms with E-state index >= 15 is 0 Å². The molecule has 102 valence electrons. The number of halogens is 1. The maximum Gasteiger partial charge on any atom is 0.220 e. The number of aryl methyl sites for hydroxylation is 1. The van der Waals surface area contributed by atoms with Gasteiger partial charge < -0.3 is 11.1 Å². The summed E-state index contributed by atoms with van der Waals surface area (Å²) in [6.07, 6.45) is 2.95. The fraction of sp³-hybridized carbons (Fsp3) is 0.615. The van der Waals surface area contributed by atoms with Gasteiger partial charge in [-0.2, -0.15) is 0 Å². The van der Waals surface area contributed by atoms with Gasteiger partial charge in [0.25, 0.3) is 0 Å². The maximum absolute atomic E-state index is 11.7. The molecule has 18 heavy (non-hydrogen) atoms. The van der Waals surface area contributed by atoms with E-state index in [1.165, 1.54) is 11.3 Å². The molecule has 0 aliphatic rings. The van der Waals surface area contributed by atoms with Crippen LogP contribution in [0.5, 0.6) is 0 Å². The molecule has 3 nitrogen and oxygen atoms in total. The third-order valence-corrected chi connectivity index (χ3v) is 4.56. The molecular formula is C13H21ClN2OS. The van der Waals surface area contributed by atoms with Crippen molar-refractivity contribution < 1.29 is 4.79 Å². The molecule has 0 saturated carbocycles. The van der Waals surface area contributed by atoms with E-state index in [1.54, 1.807) is 0 Å². The number of thiophene rings is 1. The van der Waals surface area contributed by atoms with Gasteiger partial charge in [-0.3, -0.25) is 4.79 Å². The molecule has 0 spiro atoms. The first kappa shape index (κ1) is 15.5. The molecule has 0 atom stereocenters. The highest BCUT2D eigenvalue weighted by Crippen LogP contribution is 2.22. The van der Waals surface area contributed by atoms with E-state index in [0.29, 0.717) is 13.0 Å². The van der Waals surface area contributed by atoms with Gasteiger partial charge in [-0.25, -0.2) is 0 Å². The van der Waals surface area contributed by atoms with Crippen molar-refractivity contribution >= 4 is 28.8 Å². The second-order valence-electron chi connectivity index (χ2n) is 4.55. The number of nitrogens with one attached hydrogen (secondary N) is 1. The molecule has 0 bridgehead atoms. The Morgan fingerprint density at radius 2 is 2.11 bits per heavy atom.